The minimum absolute atomic E-state index is 0.257. The van der Waals surface area contributed by atoms with Gasteiger partial charge in [-0.15, -0.1) is 0 Å². The summed E-state index contributed by atoms with van der Waals surface area (Å²) in [4.78, 5) is 0. The number of rotatable bonds is 2. The van der Waals surface area contributed by atoms with Crippen molar-refractivity contribution in [2.45, 2.75) is 12.1 Å². The van der Waals surface area contributed by atoms with Crippen LogP contribution >= 0.6 is 0 Å². The van der Waals surface area contributed by atoms with Crippen LogP contribution in [-0.2, 0) is 0 Å². The summed E-state index contributed by atoms with van der Waals surface area (Å²) < 4.78 is 65.6. The van der Waals surface area contributed by atoms with Crippen LogP contribution in [0.3, 0.4) is 0 Å². The molecule has 0 bridgehead atoms. The summed E-state index contributed by atoms with van der Waals surface area (Å²) in [6.45, 7) is -2.70. The van der Waals surface area contributed by atoms with Gasteiger partial charge in [0.05, 0.1) is 0 Å². The molecule has 0 unspecified atom stereocenters. The number of hydrogen-bond donors (Lipinski definition) is 2. The predicted molar refractivity (Wildman–Crippen MR) is 72.2 cm³/mol. The largest absolute Gasteiger partial charge is 0.508 e. The fourth-order valence-corrected chi connectivity index (χ4v) is 1.38. The number of phenolic OH excluding ortho intramolecular Hbond substituents is 2. The third-order valence-electron chi connectivity index (χ3n) is 2.65. The Bertz CT molecular complexity index is 562. The average molecular weight is 338 g/mol. The molecule has 2 N–H and O–H groups in total. The molecular formula is C15H12F6O2. The Labute approximate surface area is 127 Å². The van der Waals surface area contributed by atoms with Crippen molar-refractivity contribution in [3.8, 4) is 22.6 Å². The zero-order valence-electron chi connectivity index (χ0n) is 11.5. The topological polar surface area (TPSA) is 40.5 Å². The Morgan fingerprint density at radius 3 is 1.13 bits per heavy atom. The first-order valence-corrected chi connectivity index (χ1v) is 6.16. The highest BCUT2D eigenvalue weighted by molar-refractivity contribution is 5.64. The quantitative estimate of drug-likeness (QED) is 0.763. The molecule has 0 aromatic heterocycles. The fraction of sp³-hybridized carbons (Fsp3) is 0.200. The second kappa shape index (κ2) is 7.26. The van der Waals surface area contributed by atoms with Gasteiger partial charge >= 0.3 is 12.1 Å². The second-order valence-corrected chi connectivity index (χ2v) is 4.43. The summed E-state index contributed by atoms with van der Waals surface area (Å²) in [5, 5.41) is 18.2. The third-order valence-corrected chi connectivity index (χ3v) is 2.65. The van der Waals surface area contributed by atoms with E-state index in [1.54, 1.807) is 24.3 Å². The number of halogens is 6. The Balaban J connectivity index is 0.000000257. The van der Waals surface area contributed by atoms with E-state index in [1.807, 2.05) is 24.3 Å². The van der Waals surface area contributed by atoms with Gasteiger partial charge < -0.3 is 10.2 Å². The van der Waals surface area contributed by atoms with Crippen molar-refractivity contribution in [1.29, 1.82) is 0 Å². The number of benzene rings is 2. The zero-order chi connectivity index (χ0) is 17.7. The van der Waals surface area contributed by atoms with Crippen LogP contribution in [0.1, 0.15) is 0 Å². The van der Waals surface area contributed by atoms with Gasteiger partial charge in [-0.1, -0.05) is 24.3 Å². The van der Waals surface area contributed by atoms with Gasteiger partial charge in [0.1, 0.15) is 11.5 Å². The van der Waals surface area contributed by atoms with E-state index in [0.717, 1.165) is 11.1 Å². The molecule has 0 aliphatic heterocycles. The SMILES string of the molecule is FCC(F)(F)C(F)(F)F.Oc1ccc(-c2ccc(O)cc2)cc1. The first-order chi connectivity index (χ1) is 10.6. The maximum Gasteiger partial charge on any atom is 0.456 e. The maximum absolute atomic E-state index is 11.2. The van der Waals surface area contributed by atoms with E-state index >= 15 is 0 Å². The Morgan fingerprint density at radius 2 is 0.957 bits per heavy atom. The molecule has 0 heterocycles. The summed E-state index contributed by atoms with van der Waals surface area (Å²) in [6, 6.07) is 13.9. The lowest BCUT2D eigenvalue weighted by Gasteiger charge is -2.14. The van der Waals surface area contributed by atoms with Gasteiger partial charge in [0.15, 0.2) is 6.67 Å². The van der Waals surface area contributed by atoms with Crippen LogP contribution in [0.25, 0.3) is 11.1 Å². The summed E-state index contributed by atoms with van der Waals surface area (Å²) >= 11 is 0. The third kappa shape index (κ3) is 5.39. The van der Waals surface area contributed by atoms with E-state index in [4.69, 9.17) is 10.2 Å². The molecule has 0 aliphatic rings. The van der Waals surface area contributed by atoms with Gasteiger partial charge in [-0.25, -0.2) is 4.39 Å². The normalized spacial score (nSPS) is 11.6. The van der Waals surface area contributed by atoms with Crippen molar-refractivity contribution in [2.24, 2.45) is 0 Å². The van der Waals surface area contributed by atoms with Crippen molar-refractivity contribution < 1.29 is 36.6 Å². The molecule has 8 heteroatoms. The monoisotopic (exact) mass is 338 g/mol. The van der Waals surface area contributed by atoms with Crippen LogP contribution < -0.4 is 0 Å². The van der Waals surface area contributed by atoms with E-state index in [-0.39, 0.29) is 11.5 Å². The lowest BCUT2D eigenvalue weighted by atomic mass is 10.1. The molecule has 2 aromatic rings. The summed E-state index contributed by atoms with van der Waals surface area (Å²) in [7, 11) is 0. The van der Waals surface area contributed by atoms with Gasteiger partial charge in [-0.2, -0.15) is 22.0 Å². The highest BCUT2D eigenvalue weighted by Crippen LogP contribution is 2.35. The summed E-state index contributed by atoms with van der Waals surface area (Å²) in [5.41, 5.74) is 2.03. The molecule has 0 atom stereocenters. The average Bonchev–Trinajstić information content (AvgIpc) is 2.48. The molecule has 126 valence electrons. The Kier molecular flexibility index (Phi) is 5.89. The first kappa shape index (κ1) is 18.7. The standard InChI is InChI=1S/C12H10O2.C3H2F6/c13-11-5-1-9(2-6-11)10-3-7-12(14)8-4-10;4-1-2(5,6)3(7,8)9/h1-8,13-14H;1H2. The minimum atomic E-state index is -5.76. The lowest BCUT2D eigenvalue weighted by molar-refractivity contribution is -0.286. The molecule has 2 nitrogen and oxygen atoms in total. The molecule has 2 rings (SSSR count). The van der Waals surface area contributed by atoms with Gasteiger partial charge in [-0.05, 0) is 35.4 Å². The number of aromatic hydroxyl groups is 2. The maximum atomic E-state index is 11.2. The molecule has 0 spiro atoms. The van der Waals surface area contributed by atoms with Crippen LogP contribution in [0.5, 0.6) is 11.5 Å². The second-order valence-electron chi connectivity index (χ2n) is 4.43. The van der Waals surface area contributed by atoms with Gasteiger partial charge in [-0.3, -0.25) is 0 Å². The molecule has 2 aromatic carbocycles. The smallest absolute Gasteiger partial charge is 0.456 e. The molecule has 0 aliphatic carbocycles. The lowest BCUT2D eigenvalue weighted by Crippen LogP contribution is -2.38. The van der Waals surface area contributed by atoms with Crippen LogP contribution in [0, 0.1) is 0 Å². The van der Waals surface area contributed by atoms with Crippen molar-refractivity contribution in [2.75, 3.05) is 6.67 Å². The number of alkyl halides is 6. The van der Waals surface area contributed by atoms with Crippen molar-refractivity contribution in [3.05, 3.63) is 48.5 Å². The molecular weight excluding hydrogens is 326 g/mol. The molecule has 0 fully saturated rings. The zero-order valence-corrected chi connectivity index (χ0v) is 11.5. The molecule has 0 amide bonds. The van der Waals surface area contributed by atoms with E-state index in [9.17, 15) is 26.3 Å². The number of hydrogen-bond acceptors (Lipinski definition) is 2. The van der Waals surface area contributed by atoms with Crippen molar-refractivity contribution in [3.63, 3.8) is 0 Å². The summed E-state index contributed by atoms with van der Waals surface area (Å²) in [6.07, 6.45) is -5.76. The van der Waals surface area contributed by atoms with Gasteiger partial charge in [0.2, 0.25) is 0 Å². The fourth-order valence-electron chi connectivity index (χ4n) is 1.38. The highest BCUT2D eigenvalue weighted by atomic mass is 19.4. The van der Waals surface area contributed by atoms with Crippen LogP contribution in [0.15, 0.2) is 48.5 Å². The Hall–Kier alpha value is -2.38. The molecule has 0 radical (unpaired) electrons. The molecule has 0 saturated carbocycles. The van der Waals surface area contributed by atoms with E-state index in [2.05, 4.69) is 0 Å². The van der Waals surface area contributed by atoms with Crippen LogP contribution in [0.2, 0.25) is 0 Å². The van der Waals surface area contributed by atoms with E-state index < -0.39 is 18.8 Å². The molecule has 23 heavy (non-hydrogen) atoms. The van der Waals surface area contributed by atoms with E-state index in [1.165, 1.54) is 0 Å². The van der Waals surface area contributed by atoms with Gasteiger partial charge in [0, 0.05) is 0 Å². The Morgan fingerprint density at radius 1 is 0.652 bits per heavy atom. The minimum Gasteiger partial charge on any atom is -0.508 e. The first-order valence-electron chi connectivity index (χ1n) is 6.16. The van der Waals surface area contributed by atoms with Crippen LogP contribution in [0.4, 0.5) is 26.3 Å². The van der Waals surface area contributed by atoms with Crippen LogP contribution in [-0.4, -0.2) is 29.0 Å². The van der Waals surface area contributed by atoms with Gasteiger partial charge in [0.25, 0.3) is 0 Å². The van der Waals surface area contributed by atoms with E-state index in [0.29, 0.717) is 0 Å². The summed E-state index contributed by atoms with van der Waals surface area (Å²) in [5.74, 6) is -4.67. The predicted octanol–water partition coefficient (Wildman–Crippen LogP) is 4.92. The van der Waals surface area contributed by atoms with Crippen molar-refractivity contribution >= 4 is 0 Å². The number of phenols is 2. The molecule has 0 saturated heterocycles. The van der Waals surface area contributed by atoms with Crippen molar-refractivity contribution in [1.82, 2.24) is 0 Å². The highest BCUT2D eigenvalue weighted by Gasteiger charge is 2.57.